The number of carbonyl (C=O) groups is 1. The molecule has 0 radical (unpaired) electrons. The number of rotatable bonds is 8. The number of nitrogens with zero attached hydrogens (tertiary/aromatic N) is 1. The summed E-state index contributed by atoms with van der Waals surface area (Å²) >= 11 is 6.11. The molecule has 0 aromatic heterocycles. The molecule has 3 aromatic rings. The summed E-state index contributed by atoms with van der Waals surface area (Å²) < 4.78 is 28.2. The van der Waals surface area contributed by atoms with Crippen LogP contribution < -0.4 is 20.9 Å². The minimum atomic E-state index is -3.82. The van der Waals surface area contributed by atoms with Gasteiger partial charge in [0.25, 0.3) is 5.91 Å². The zero-order valence-corrected chi connectivity index (χ0v) is 18.5. The van der Waals surface area contributed by atoms with Crippen LogP contribution in [0.25, 0.3) is 0 Å². The first kappa shape index (κ1) is 22.8. The van der Waals surface area contributed by atoms with Crippen molar-refractivity contribution in [1.82, 2.24) is 10.0 Å². The molecule has 162 valence electrons. The van der Waals surface area contributed by atoms with Gasteiger partial charge in [-0.2, -0.15) is 0 Å². The van der Waals surface area contributed by atoms with Crippen LogP contribution in [0.1, 0.15) is 22.8 Å². The van der Waals surface area contributed by atoms with Gasteiger partial charge in [-0.15, -0.1) is 0 Å². The second-order valence-electron chi connectivity index (χ2n) is 6.66. The minimum absolute atomic E-state index is 0.0444. The Balaban J connectivity index is 1.86. The van der Waals surface area contributed by atoms with E-state index in [0.717, 1.165) is 0 Å². The van der Waals surface area contributed by atoms with E-state index < -0.39 is 10.0 Å². The number of para-hydroxylation sites is 1. The number of hydrogen-bond donors (Lipinski definition) is 3. The molecule has 9 heteroatoms. The molecule has 0 heterocycles. The lowest BCUT2D eigenvalue weighted by Gasteiger charge is -2.22. The maximum Gasteiger partial charge on any atom is 0.253 e. The Labute approximate surface area is 186 Å². The van der Waals surface area contributed by atoms with Crippen LogP contribution in [-0.4, -0.2) is 20.9 Å². The Morgan fingerprint density at radius 2 is 1.74 bits per heavy atom. The van der Waals surface area contributed by atoms with Crippen LogP contribution >= 0.6 is 11.6 Å². The highest BCUT2D eigenvalue weighted by Gasteiger charge is 2.19. The molecule has 0 fully saturated rings. The highest BCUT2D eigenvalue weighted by molar-refractivity contribution is 7.89. The van der Waals surface area contributed by atoms with Gasteiger partial charge < -0.3 is 5.32 Å². The van der Waals surface area contributed by atoms with E-state index in [1.165, 1.54) is 17.1 Å². The summed E-state index contributed by atoms with van der Waals surface area (Å²) in [4.78, 5) is 12.4. The van der Waals surface area contributed by atoms with Crippen LogP contribution in [0.15, 0.2) is 77.7 Å². The quantitative estimate of drug-likeness (QED) is 0.353. The van der Waals surface area contributed by atoms with Crippen LogP contribution in [0.3, 0.4) is 0 Å². The summed E-state index contributed by atoms with van der Waals surface area (Å²) in [6.07, 6.45) is 0. The number of hydrogen-bond acceptors (Lipinski definition) is 5. The molecule has 0 atom stereocenters. The third-order valence-electron chi connectivity index (χ3n) is 4.56. The van der Waals surface area contributed by atoms with Gasteiger partial charge in [0.15, 0.2) is 0 Å². The predicted octanol–water partition coefficient (Wildman–Crippen LogP) is 3.58. The first-order valence-corrected chi connectivity index (χ1v) is 11.4. The SMILES string of the molecule is CCNC(=O)c1ccccc1N(N)c1cccc(S(=O)(=O)NCc2ccccc2Cl)c1. The standard InChI is InChI=1S/C22H23ClN4O3S/c1-2-25-22(28)19-11-4-6-13-21(19)27(24)17-9-7-10-18(14-17)31(29,30)26-15-16-8-3-5-12-20(16)23/h3-14,26H,2,15,24H2,1H3,(H,25,28). The van der Waals surface area contributed by atoms with Gasteiger partial charge in [0.2, 0.25) is 10.0 Å². The smallest absolute Gasteiger partial charge is 0.253 e. The molecule has 4 N–H and O–H groups in total. The molecule has 0 bridgehead atoms. The summed E-state index contributed by atoms with van der Waals surface area (Å²) in [5.74, 6) is 6.00. The third-order valence-corrected chi connectivity index (χ3v) is 6.33. The molecule has 31 heavy (non-hydrogen) atoms. The summed E-state index contributed by atoms with van der Waals surface area (Å²) in [6.45, 7) is 2.35. The molecule has 3 rings (SSSR count). The zero-order chi connectivity index (χ0) is 22.4. The van der Waals surface area contributed by atoms with Gasteiger partial charge in [0, 0.05) is 18.1 Å². The van der Waals surface area contributed by atoms with E-state index in [0.29, 0.717) is 34.1 Å². The van der Waals surface area contributed by atoms with Crippen LogP contribution in [0, 0.1) is 0 Å². The third kappa shape index (κ3) is 5.42. The number of halogens is 1. The van der Waals surface area contributed by atoms with Gasteiger partial charge in [-0.3, -0.25) is 9.80 Å². The van der Waals surface area contributed by atoms with Gasteiger partial charge in [0.1, 0.15) is 0 Å². The van der Waals surface area contributed by atoms with Crippen molar-refractivity contribution < 1.29 is 13.2 Å². The summed E-state index contributed by atoms with van der Waals surface area (Å²) in [5.41, 5.74) is 1.92. The number of nitrogens with two attached hydrogens (primary N) is 1. The van der Waals surface area contributed by atoms with E-state index in [9.17, 15) is 13.2 Å². The van der Waals surface area contributed by atoms with E-state index in [1.807, 2.05) is 6.92 Å². The molecule has 0 saturated heterocycles. The predicted molar refractivity (Wildman–Crippen MR) is 123 cm³/mol. The largest absolute Gasteiger partial charge is 0.352 e. The van der Waals surface area contributed by atoms with Crippen LogP contribution in [0.2, 0.25) is 5.02 Å². The molecule has 3 aromatic carbocycles. The molecule has 0 unspecified atom stereocenters. The van der Waals surface area contributed by atoms with Gasteiger partial charge in [0.05, 0.1) is 21.8 Å². The first-order chi connectivity index (χ1) is 14.8. The van der Waals surface area contributed by atoms with E-state index in [2.05, 4.69) is 10.0 Å². The lowest BCUT2D eigenvalue weighted by Crippen LogP contribution is -2.30. The van der Waals surface area contributed by atoms with Crippen molar-refractivity contribution in [1.29, 1.82) is 0 Å². The average molecular weight is 459 g/mol. The number of sulfonamides is 1. The number of nitrogens with one attached hydrogen (secondary N) is 2. The average Bonchev–Trinajstić information content (AvgIpc) is 2.78. The highest BCUT2D eigenvalue weighted by atomic mass is 35.5. The topological polar surface area (TPSA) is 105 Å². The van der Waals surface area contributed by atoms with Crippen LogP contribution in [0.5, 0.6) is 0 Å². The fourth-order valence-corrected chi connectivity index (χ4v) is 4.22. The first-order valence-electron chi connectivity index (χ1n) is 9.58. The van der Waals surface area contributed by atoms with Gasteiger partial charge in [-0.1, -0.05) is 48.0 Å². The van der Waals surface area contributed by atoms with Crippen molar-refractivity contribution in [3.63, 3.8) is 0 Å². The minimum Gasteiger partial charge on any atom is -0.352 e. The Morgan fingerprint density at radius 3 is 2.48 bits per heavy atom. The monoisotopic (exact) mass is 458 g/mol. The summed E-state index contributed by atoms with van der Waals surface area (Å²) in [6, 6.07) is 20.0. The molecule has 0 aliphatic rings. The fraction of sp³-hybridized carbons (Fsp3) is 0.136. The van der Waals surface area contributed by atoms with E-state index >= 15 is 0 Å². The Hall–Kier alpha value is -2.91. The molecule has 1 amide bonds. The highest BCUT2D eigenvalue weighted by Crippen LogP contribution is 2.27. The molecular weight excluding hydrogens is 436 g/mol. The molecule has 0 saturated carbocycles. The molecule has 0 aliphatic carbocycles. The Bertz CT molecular complexity index is 1180. The molecule has 7 nitrogen and oxygen atoms in total. The van der Waals surface area contributed by atoms with Gasteiger partial charge in [-0.05, 0) is 48.9 Å². The van der Waals surface area contributed by atoms with E-state index in [4.69, 9.17) is 17.4 Å². The number of carbonyl (C=O) groups excluding carboxylic acids is 1. The lowest BCUT2D eigenvalue weighted by molar-refractivity contribution is 0.0956. The van der Waals surface area contributed by atoms with Gasteiger partial charge >= 0.3 is 0 Å². The Kier molecular flexibility index (Phi) is 7.29. The van der Waals surface area contributed by atoms with E-state index in [-0.39, 0.29) is 17.3 Å². The molecule has 0 spiro atoms. The van der Waals surface area contributed by atoms with Crippen molar-refractivity contribution in [2.45, 2.75) is 18.4 Å². The normalized spacial score (nSPS) is 11.2. The second kappa shape index (κ2) is 9.93. The number of benzene rings is 3. The van der Waals surface area contributed by atoms with Gasteiger partial charge in [-0.25, -0.2) is 19.0 Å². The molecule has 0 aliphatic heterocycles. The van der Waals surface area contributed by atoms with Crippen molar-refractivity contribution >= 4 is 38.9 Å². The lowest BCUT2D eigenvalue weighted by atomic mass is 10.1. The van der Waals surface area contributed by atoms with Crippen molar-refractivity contribution in [2.75, 3.05) is 11.6 Å². The maximum atomic E-state index is 12.8. The second-order valence-corrected chi connectivity index (χ2v) is 8.83. The van der Waals surface area contributed by atoms with Crippen molar-refractivity contribution in [2.24, 2.45) is 5.84 Å². The fourth-order valence-electron chi connectivity index (χ4n) is 2.97. The van der Waals surface area contributed by atoms with Crippen molar-refractivity contribution in [3.05, 3.63) is 88.9 Å². The zero-order valence-electron chi connectivity index (χ0n) is 16.9. The maximum absolute atomic E-state index is 12.8. The summed E-state index contributed by atoms with van der Waals surface area (Å²) in [5, 5.41) is 4.51. The van der Waals surface area contributed by atoms with Crippen LogP contribution in [-0.2, 0) is 16.6 Å². The number of amides is 1. The summed E-state index contributed by atoms with van der Waals surface area (Å²) in [7, 11) is -3.82. The Morgan fingerprint density at radius 1 is 1.03 bits per heavy atom. The number of anilines is 2. The van der Waals surface area contributed by atoms with Crippen LogP contribution in [0.4, 0.5) is 11.4 Å². The van der Waals surface area contributed by atoms with Crippen molar-refractivity contribution in [3.8, 4) is 0 Å². The van der Waals surface area contributed by atoms with E-state index in [1.54, 1.807) is 60.7 Å². The number of hydrazine groups is 1. The molecular formula is C22H23ClN4O3S.